The van der Waals surface area contributed by atoms with Gasteiger partial charge in [-0.2, -0.15) is 0 Å². The molecule has 2 rings (SSSR count). The second kappa shape index (κ2) is 6.57. The fourth-order valence-electron chi connectivity index (χ4n) is 2.00. The van der Waals surface area contributed by atoms with Crippen molar-refractivity contribution in [3.05, 3.63) is 34.2 Å². The Morgan fingerprint density at radius 2 is 2.15 bits per heavy atom. The van der Waals surface area contributed by atoms with E-state index >= 15 is 0 Å². The van der Waals surface area contributed by atoms with E-state index in [2.05, 4.69) is 11.4 Å². The molecule has 20 heavy (non-hydrogen) atoms. The molecule has 0 spiro atoms. The van der Waals surface area contributed by atoms with Crippen molar-refractivity contribution in [3.63, 3.8) is 0 Å². The van der Waals surface area contributed by atoms with E-state index in [0.29, 0.717) is 13.1 Å². The van der Waals surface area contributed by atoms with Gasteiger partial charge in [-0.1, -0.05) is 29.8 Å². The van der Waals surface area contributed by atoms with E-state index in [1.54, 1.807) is 16.2 Å². The maximum absolute atomic E-state index is 12.0. The fourth-order valence-corrected chi connectivity index (χ4v) is 3.45. The Balaban J connectivity index is 2.06. The van der Waals surface area contributed by atoms with Gasteiger partial charge in [-0.15, -0.1) is 11.3 Å². The Labute approximate surface area is 128 Å². The molecule has 0 saturated carbocycles. The number of nitrogens with zero attached hydrogens (tertiary/aromatic N) is 1. The Kier molecular flexibility index (Phi) is 5.02. The van der Waals surface area contributed by atoms with Crippen LogP contribution in [0.4, 0.5) is 0 Å². The first-order valence-corrected chi connectivity index (χ1v) is 7.88. The van der Waals surface area contributed by atoms with Crippen LogP contribution < -0.4 is 5.32 Å². The highest BCUT2D eigenvalue weighted by atomic mass is 35.5. The molecule has 1 amide bonds. The third-order valence-corrected chi connectivity index (χ3v) is 5.11. The normalized spacial score (nSPS) is 12.6. The van der Waals surface area contributed by atoms with Crippen LogP contribution in [0.3, 0.4) is 0 Å². The van der Waals surface area contributed by atoms with Gasteiger partial charge in [0.2, 0.25) is 5.91 Å². The predicted molar refractivity (Wildman–Crippen MR) is 86.4 cm³/mol. The number of carbonyl (C=O) groups excluding carboxylic acids is 1. The number of rotatable bonds is 5. The molecule has 0 aliphatic heterocycles. The molecule has 1 atom stereocenters. The first-order chi connectivity index (χ1) is 9.54. The zero-order valence-electron chi connectivity index (χ0n) is 11.9. The van der Waals surface area contributed by atoms with E-state index in [4.69, 9.17) is 11.6 Å². The molecule has 0 saturated heterocycles. The molecule has 3 nitrogen and oxygen atoms in total. The SMILES string of the molecule is CCN(C)C(=O)C(C)NCc1sc2ccccc2c1Cl. The number of hydrogen-bond donors (Lipinski definition) is 1. The Morgan fingerprint density at radius 1 is 1.45 bits per heavy atom. The maximum Gasteiger partial charge on any atom is 0.239 e. The quantitative estimate of drug-likeness (QED) is 0.916. The number of benzene rings is 1. The van der Waals surface area contributed by atoms with Crippen molar-refractivity contribution >= 4 is 38.9 Å². The van der Waals surface area contributed by atoms with Crippen molar-refractivity contribution in [1.29, 1.82) is 0 Å². The van der Waals surface area contributed by atoms with Crippen LogP contribution in [0.2, 0.25) is 5.02 Å². The highest BCUT2D eigenvalue weighted by Crippen LogP contribution is 2.34. The predicted octanol–water partition coefficient (Wildman–Crippen LogP) is 3.51. The van der Waals surface area contributed by atoms with Gasteiger partial charge in [0, 0.05) is 35.1 Å². The summed E-state index contributed by atoms with van der Waals surface area (Å²) < 4.78 is 1.18. The molecular weight excluding hydrogens is 292 g/mol. The van der Waals surface area contributed by atoms with Crippen LogP contribution in [-0.2, 0) is 11.3 Å². The van der Waals surface area contributed by atoms with Gasteiger partial charge in [0.15, 0.2) is 0 Å². The van der Waals surface area contributed by atoms with Crippen molar-refractivity contribution in [2.45, 2.75) is 26.4 Å². The average molecular weight is 311 g/mol. The lowest BCUT2D eigenvalue weighted by Crippen LogP contribution is -2.42. The minimum absolute atomic E-state index is 0.102. The molecule has 108 valence electrons. The third kappa shape index (κ3) is 3.14. The first-order valence-electron chi connectivity index (χ1n) is 6.68. The lowest BCUT2D eigenvalue weighted by atomic mass is 10.2. The van der Waals surface area contributed by atoms with Gasteiger partial charge < -0.3 is 10.2 Å². The van der Waals surface area contributed by atoms with Crippen molar-refractivity contribution in [1.82, 2.24) is 10.2 Å². The van der Waals surface area contributed by atoms with Crippen LogP contribution >= 0.6 is 22.9 Å². The molecule has 0 radical (unpaired) electrons. The number of amides is 1. The molecule has 0 aliphatic rings. The molecule has 5 heteroatoms. The van der Waals surface area contributed by atoms with Gasteiger partial charge >= 0.3 is 0 Å². The largest absolute Gasteiger partial charge is 0.345 e. The Hall–Kier alpha value is -1.10. The average Bonchev–Trinajstić information content (AvgIpc) is 2.80. The van der Waals surface area contributed by atoms with Gasteiger partial charge in [-0.05, 0) is 19.9 Å². The smallest absolute Gasteiger partial charge is 0.239 e. The number of carbonyl (C=O) groups is 1. The standard InChI is InChI=1S/C15H19ClN2OS/c1-4-18(3)15(19)10(2)17-9-13-14(16)11-7-5-6-8-12(11)20-13/h5-8,10,17H,4,9H2,1-3H3. The molecule has 2 aromatic rings. The highest BCUT2D eigenvalue weighted by Gasteiger charge is 2.17. The Bertz CT molecular complexity index is 611. The van der Waals surface area contributed by atoms with Crippen LogP contribution in [0.5, 0.6) is 0 Å². The second-order valence-corrected chi connectivity index (χ2v) is 6.31. The molecule has 1 unspecified atom stereocenters. The zero-order valence-corrected chi connectivity index (χ0v) is 13.5. The monoisotopic (exact) mass is 310 g/mol. The van der Waals surface area contributed by atoms with Crippen LogP contribution in [0.1, 0.15) is 18.7 Å². The molecule has 1 aromatic heterocycles. The molecule has 0 bridgehead atoms. The molecule has 1 N–H and O–H groups in total. The summed E-state index contributed by atoms with van der Waals surface area (Å²) in [6, 6.07) is 7.88. The minimum Gasteiger partial charge on any atom is -0.345 e. The van der Waals surface area contributed by atoms with Crippen molar-refractivity contribution in [2.24, 2.45) is 0 Å². The summed E-state index contributed by atoms with van der Waals surface area (Å²) in [7, 11) is 1.81. The number of likely N-dealkylation sites (N-methyl/N-ethyl adjacent to an activating group) is 1. The molecule has 1 aromatic carbocycles. The molecule has 0 aliphatic carbocycles. The molecular formula is C15H19ClN2OS. The number of fused-ring (bicyclic) bond motifs is 1. The summed E-state index contributed by atoms with van der Waals surface area (Å²) in [6.07, 6.45) is 0. The molecule has 0 fully saturated rings. The van der Waals surface area contributed by atoms with E-state index < -0.39 is 0 Å². The van der Waals surface area contributed by atoms with E-state index in [0.717, 1.165) is 15.3 Å². The highest BCUT2D eigenvalue weighted by molar-refractivity contribution is 7.19. The van der Waals surface area contributed by atoms with Crippen LogP contribution in [-0.4, -0.2) is 30.4 Å². The lowest BCUT2D eigenvalue weighted by Gasteiger charge is -2.20. The number of halogens is 1. The fraction of sp³-hybridized carbons (Fsp3) is 0.400. The zero-order chi connectivity index (χ0) is 14.7. The van der Waals surface area contributed by atoms with E-state index in [9.17, 15) is 4.79 Å². The van der Waals surface area contributed by atoms with E-state index in [1.807, 2.05) is 39.1 Å². The lowest BCUT2D eigenvalue weighted by molar-refractivity contribution is -0.131. The second-order valence-electron chi connectivity index (χ2n) is 4.79. The topological polar surface area (TPSA) is 32.3 Å². The first kappa shape index (κ1) is 15.3. The summed E-state index contributed by atoms with van der Waals surface area (Å²) in [5.41, 5.74) is 0. The van der Waals surface area contributed by atoms with Gasteiger partial charge in [0.05, 0.1) is 11.1 Å². The van der Waals surface area contributed by atoms with Crippen molar-refractivity contribution in [2.75, 3.05) is 13.6 Å². The number of hydrogen-bond acceptors (Lipinski definition) is 3. The Morgan fingerprint density at radius 3 is 2.80 bits per heavy atom. The summed E-state index contributed by atoms with van der Waals surface area (Å²) >= 11 is 8.06. The van der Waals surface area contributed by atoms with Crippen LogP contribution in [0.15, 0.2) is 24.3 Å². The van der Waals surface area contributed by atoms with Crippen molar-refractivity contribution in [3.8, 4) is 0 Å². The van der Waals surface area contributed by atoms with Gasteiger partial charge in [0.25, 0.3) is 0 Å². The third-order valence-electron chi connectivity index (χ3n) is 3.39. The van der Waals surface area contributed by atoms with Crippen molar-refractivity contribution < 1.29 is 4.79 Å². The van der Waals surface area contributed by atoms with E-state index in [1.165, 1.54) is 4.70 Å². The van der Waals surface area contributed by atoms with Gasteiger partial charge in [-0.3, -0.25) is 4.79 Å². The van der Waals surface area contributed by atoms with Crippen LogP contribution in [0, 0.1) is 0 Å². The van der Waals surface area contributed by atoms with Crippen LogP contribution in [0.25, 0.3) is 10.1 Å². The number of nitrogens with one attached hydrogen (secondary N) is 1. The summed E-state index contributed by atoms with van der Waals surface area (Å²) in [4.78, 5) is 14.8. The van der Waals surface area contributed by atoms with Gasteiger partial charge in [-0.25, -0.2) is 0 Å². The summed E-state index contributed by atoms with van der Waals surface area (Å²) in [5, 5.41) is 5.13. The number of thiophene rings is 1. The summed E-state index contributed by atoms with van der Waals surface area (Å²) in [6.45, 7) is 5.18. The van der Waals surface area contributed by atoms with E-state index in [-0.39, 0.29) is 11.9 Å². The minimum atomic E-state index is -0.207. The summed E-state index contributed by atoms with van der Waals surface area (Å²) in [5.74, 6) is 0.102. The van der Waals surface area contributed by atoms with Gasteiger partial charge in [0.1, 0.15) is 0 Å². The maximum atomic E-state index is 12.0. The molecule has 1 heterocycles.